The first-order valence-corrected chi connectivity index (χ1v) is 14.5. The molecule has 4 heterocycles. The van der Waals surface area contributed by atoms with Crippen LogP contribution in [0.2, 0.25) is 0 Å². The number of piperazine rings is 2. The van der Waals surface area contributed by atoms with Crippen molar-refractivity contribution in [3.05, 3.63) is 88.7 Å². The molecule has 3 aromatic rings. The van der Waals surface area contributed by atoms with Crippen molar-refractivity contribution >= 4 is 23.0 Å². The predicted octanol–water partition coefficient (Wildman–Crippen LogP) is 4.70. The van der Waals surface area contributed by atoms with Crippen molar-refractivity contribution in [3.63, 3.8) is 0 Å². The first kappa shape index (κ1) is 28.4. The van der Waals surface area contributed by atoms with Crippen molar-refractivity contribution in [2.24, 2.45) is 4.99 Å². The van der Waals surface area contributed by atoms with Gasteiger partial charge in [-0.3, -0.25) is 19.6 Å². The van der Waals surface area contributed by atoms with E-state index >= 15 is 0 Å². The lowest BCUT2D eigenvalue weighted by Gasteiger charge is -2.36. The molecule has 0 aliphatic carbocycles. The van der Waals surface area contributed by atoms with Crippen molar-refractivity contribution < 1.29 is 18.0 Å². The van der Waals surface area contributed by atoms with E-state index in [0.29, 0.717) is 44.9 Å². The van der Waals surface area contributed by atoms with E-state index in [4.69, 9.17) is 0 Å². The molecule has 0 spiro atoms. The standard InChI is InChI=1S/C32H35F3N6O/c1-23-2-3-25(20-36-23)22-39-10-14-40(15-11-39)28-8-9-29-26(18-28)19-30(37-29)31(42)41-16-12-38(13-17-41)21-24-4-6-27(7-5-24)32(33,34)35/h2-9,18,20H,10-17,19,21-22H2,1H3. The molecule has 0 N–H and O–H groups in total. The number of rotatable bonds is 6. The van der Waals surface area contributed by atoms with E-state index in [9.17, 15) is 18.0 Å². The minimum atomic E-state index is -4.33. The summed E-state index contributed by atoms with van der Waals surface area (Å²) in [4.78, 5) is 31.3. The van der Waals surface area contributed by atoms with E-state index in [1.54, 1.807) is 0 Å². The van der Waals surface area contributed by atoms with E-state index in [0.717, 1.165) is 67.4 Å². The second-order valence-corrected chi connectivity index (χ2v) is 11.4. The van der Waals surface area contributed by atoms with Crippen molar-refractivity contribution in [1.82, 2.24) is 19.7 Å². The number of aryl methyl sites for hydroxylation is 1. The third-order valence-electron chi connectivity index (χ3n) is 8.39. The van der Waals surface area contributed by atoms with Gasteiger partial charge in [0.05, 0.1) is 11.3 Å². The van der Waals surface area contributed by atoms with Crippen LogP contribution >= 0.6 is 0 Å². The zero-order valence-corrected chi connectivity index (χ0v) is 23.8. The Morgan fingerprint density at radius 2 is 1.45 bits per heavy atom. The molecule has 0 radical (unpaired) electrons. The van der Waals surface area contributed by atoms with Gasteiger partial charge in [0, 0.05) is 89.4 Å². The molecule has 0 atom stereocenters. The summed E-state index contributed by atoms with van der Waals surface area (Å²) in [6.07, 6.45) is -1.83. The Morgan fingerprint density at radius 1 is 0.810 bits per heavy atom. The molecular weight excluding hydrogens is 541 g/mol. The number of anilines is 1. The van der Waals surface area contributed by atoms with Gasteiger partial charge < -0.3 is 9.80 Å². The topological polar surface area (TPSA) is 55.3 Å². The molecule has 0 bridgehead atoms. The molecule has 6 rings (SSSR count). The first-order chi connectivity index (χ1) is 20.2. The number of nitrogens with zero attached hydrogens (tertiary/aromatic N) is 6. The molecule has 2 saturated heterocycles. The lowest BCUT2D eigenvalue weighted by Crippen LogP contribution is -2.50. The van der Waals surface area contributed by atoms with Crippen LogP contribution in [0.5, 0.6) is 0 Å². The number of halogens is 3. The van der Waals surface area contributed by atoms with E-state index in [-0.39, 0.29) is 5.91 Å². The highest BCUT2D eigenvalue weighted by Crippen LogP contribution is 2.32. The number of amides is 1. The van der Waals surface area contributed by atoms with Crippen LogP contribution in [0.1, 0.15) is 27.9 Å². The minimum Gasteiger partial charge on any atom is -0.369 e. The van der Waals surface area contributed by atoms with Gasteiger partial charge in [-0.05, 0) is 60.0 Å². The molecular formula is C32H35F3N6O. The maximum absolute atomic E-state index is 13.3. The van der Waals surface area contributed by atoms with Gasteiger partial charge in [-0.1, -0.05) is 18.2 Å². The summed E-state index contributed by atoms with van der Waals surface area (Å²) < 4.78 is 38.5. The highest BCUT2D eigenvalue weighted by atomic mass is 19.4. The van der Waals surface area contributed by atoms with Crippen LogP contribution in [0.15, 0.2) is 65.8 Å². The van der Waals surface area contributed by atoms with Gasteiger partial charge in [0.1, 0.15) is 5.71 Å². The lowest BCUT2D eigenvalue weighted by atomic mass is 10.1. The van der Waals surface area contributed by atoms with E-state index in [2.05, 4.69) is 48.9 Å². The fraction of sp³-hybridized carbons (Fsp3) is 0.406. The van der Waals surface area contributed by atoms with Crippen LogP contribution in [0.25, 0.3) is 0 Å². The Balaban J connectivity index is 0.979. The zero-order valence-electron chi connectivity index (χ0n) is 23.8. The Hall–Kier alpha value is -3.76. The van der Waals surface area contributed by atoms with Crippen LogP contribution in [0, 0.1) is 6.92 Å². The highest BCUT2D eigenvalue weighted by Gasteiger charge is 2.31. The minimum absolute atomic E-state index is 0.0267. The quantitative estimate of drug-likeness (QED) is 0.426. The van der Waals surface area contributed by atoms with Crippen molar-refractivity contribution in [1.29, 1.82) is 0 Å². The molecule has 7 nitrogen and oxygen atoms in total. The van der Waals surface area contributed by atoms with Gasteiger partial charge >= 0.3 is 6.18 Å². The first-order valence-electron chi connectivity index (χ1n) is 14.5. The van der Waals surface area contributed by atoms with Gasteiger partial charge in [0.25, 0.3) is 5.91 Å². The second kappa shape index (κ2) is 11.9. The molecule has 2 aromatic carbocycles. The number of benzene rings is 2. The lowest BCUT2D eigenvalue weighted by molar-refractivity contribution is -0.137. The third-order valence-corrected chi connectivity index (χ3v) is 8.39. The van der Waals surface area contributed by atoms with E-state index in [1.165, 1.54) is 23.4 Å². The van der Waals surface area contributed by atoms with E-state index < -0.39 is 11.7 Å². The predicted molar refractivity (Wildman–Crippen MR) is 157 cm³/mol. The summed E-state index contributed by atoms with van der Waals surface area (Å²) >= 11 is 0. The molecule has 10 heteroatoms. The SMILES string of the molecule is Cc1ccc(CN2CCN(c3ccc4c(c3)CC(C(=O)N3CCN(Cc5ccc(C(F)(F)F)cc5)CC3)=N4)CC2)cn1. The summed E-state index contributed by atoms with van der Waals surface area (Å²) in [5.74, 6) is -0.0267. The average Bonchev–Trinajstić information content (AvgIpc) is 3.42. The summed E-state index contributed by atoms with van der Waals surface area (Å²) in [5, 5.41) is 0. The van der Waals surface area contributed by atoms with Crippen LogP contribution in [-0.2, 0) is 30.5 Å². The van der Waals surface area contributed by atoms with Crippen LogP contribution in [0.3, 0.4) is 0 Å². The number of hydrogen-bond donors (Lipinski definition) is 0. The number of aliphatic imine (C=N–C) groups is 1. The van der Waals surface area contributed by atoms with Gasteiger partial charge in [-0.25, -0.2) is 4.99 Å². The number of fused-ring (bicyclic) bond motifs is 1. The molecule has 2 fully saturated rings. The van der Waals surface area contributed by atoms with Crippen molar-refractivity contribution in [2.75, 3.05) is 57.3 Å². The Morgan fingerprint density at radius 3 is 2.10 bits per heavy atom. The zero-order chi connectivity index (χ0) is 29.3. The molecule has 220 valence electrons. The molecule has 0 saturated carbocycles. The summed E-state index contributed by atoms with van der Waals surface area (Å²) in [7, 11) is 0. The monoisotopic (exact) mass is 576 g/mol. The second-order valence-electron chi connectivity index (χ2n) is 11.4. The summed E-state index contributed by atoms with van der Waals surface area (Å²) in [6, 6.07) is 15.8. The Kier molecular flexibility index (Phi) is 8.00. The smallest absolute Gasteiger partial charge is 0.369 e. The number of alkyl halides is 3. The number of aromatic nitrogens is 1. The van der Waals surface area contributed by atoms with Crippen molar-refractivity contribution in [3.8, 4) is 0 Å². The summed E-state index contributed by atoms with van der Waals surface area (Å²) in [5.41, 5.74) is 6.17. The van der Waals surface area contributed by atoms with Crippen LogP contribution in [0.4, 0.5) is 24.5 Å². The highest BCUT2D eigenvalue weighted by molar-refractivity contribution is 6.40. The largest absolute Gasteiger partial charge is 0.416 e. The number of pyridine rings is 1. The number of hydrogen-bond acceptors (Lipinski definition) is 6. The third kappa shape index (κ3) is 6.50. The molecule has 3 aliphatic heterocycles. The number of carbonyl (C=O) groups excluding carboxylic acids is 1. The van der Waals surface area contributed by atoms with Crippen LogP contribution in [-0.4, -0.2) is 83.7 Å². The van der Waals surface area contributed by atoms with Gasteiger partial charge in [-0.2, -0.15) is 13.2 Å². The van der Waals surface area contributed by atoms with Gasteiger partial charge in [0.2, 0.25) is 0 Å². The molecule has 0 unspecified atom stereocenters. The molecule has 42 heavy (non-hydrogen) atoms. The maximum atomic E-state index is 13.3. The Bertz CT molecular complexity index is 1440. The normalized spacial score (nSPS) is 18.2. The fourth-order valence-corrected chi connectivity index (χ4v) is 5.87. The summed E-state index contributed by atoms with van der Waals surface area (Å²) in [6.45, 7) is 9.82. The molecule has 1 amide bonds. The molecule has 1 aromatic heterocycles. The van der Waals surface area contributed by atoms with Gasteiger partial charge in [0.15, 0.2) is 0 Å². The Labute approximate surface area is 244 Å². The fourth-order valence-electron chi connectivity index (χ4n) is 5.87. The van der Waals surface area contributed by atoms with E-state index in [1.807, 2.05) is 24.1 Å². The van der Waals surface area contributed by atoms with Gasteiger partial charge in [-0.15, -0.1) is 0 Å². The van der Waals surface area contributed by atoms with Crippen molar-refractivity contribution in [2.45, 2.75) is 32.6 Å². The average molecular weight is 577 g/mol. The number of carbonyl (C=O) groups is 1. The maximum Gasteiger partial charge on any atom is 0.416 e. The van der Waals surface area contributed by atoms with Crippen LogP contribution < -0.4 is 4.90 Å². The molecule has 3 aliphatic rings.